The summed E-state index contributed by atoms with van der Waals surface area (Å²) < 4.78 is 3.93. The van der Waals surface area contributed by atoms with Crippen molar-refractivity contribution in [3.05, 3.63) is 64.7 Å². The molecule has 150 valence electrons. The molecule has 5 rings (SSSR count). The third-order valence-electron chi connectivity index (χ3n) is 6.33. The van der Waals surface area contributed by atoms with Crippen LogP contribution in [0.1, 0.15) is 71.1 Å². The molecule has 0 saturated heterocycles. The lowest BCUT2D eigenvalue weighted by Gasteiger charge is -2.23. The molecule has 1 amide bonds. The van der Waals surface area contributed by atoms with Gasteiger partial charge in [-0.3, -0.25) is 9.48 Å². The van der Waals surface area contributed by atoms with Crippen LogP contribution in [-0.4, -0.2) is 25.5 Å². The summed E-state index contributed by atoms with van der Waals surface area (Å²) in [7, 11) is 1.98. The van der Waals surface area contributed by atoms with Gasteiger partial charge in [-0.15, -0.1) is 0 Å². The molecule has 0 saturated carbocycles. The topological polar surface area (TPSA) is 64.7 Å². The molecule has 29 heavy (non-hydrogen) atoms. The molecule has 1 atom stereocenters. The molecule has 3 aromatic rings. The van der Waals surface area contributed by atoms with Gasteiger partial charge in [0.1, 0.15) is 0 Å². The lowest BCUT2D eigenvalue weighted by molar-refractivity contribution is 0.0926. The minimum Gasteiger partial charge on any atom is -0.344 e. The number of benzene rings is 1. The number of para-hydroxylation sites is 1. The third-order valence-corrected chi connectivity index (χ3v) is 6.33. The van der Waals surface area contributed by atoms with Crippen LogP contribution in [0.5, 0.6) is 0 Å². The first-order chi connectivity index (χ1) is 14.2. The van der Waals surface area contributed by atoms with E-state index < -0.39 is 0 Å². The highest BCUT2D eigenvalue weighted by atomic mass is 16.2. The van der Waals surface area contributed by atoms with Gasteiger partial charge in [0.2, 0.25) is 0 Å². The van der Waals surface area contributed by atoms with Gasteiger partial charge in [0.15, 0.2) is 5.69 Å². The zero-order chi connectivity index (χ0) is 19.8. The van der Waals surface area contributed by atoms with Gasteiger partial charge in [-0.1, -0.05) is 24.6 Å². The quantitative estimate of drug-likeness (QED) is 0.695. The van der Waals surface area contributed by atoms with Crippen LogP contribution >= 0.6 is 0 Å². The van der Waals surface area contributed by atoms with Crippen LogP contribution in [0.25, 0.3) is 5.69 Å². The molecule has 2 aliphatic carbocycles. The average Bonchev–Trinajstić information content (AvgIpc) is 3.21. The number of rotatable bonds is 3. The summed E-state index contributed by atoms with van der Waals surface area (Å²) in [4.78, 5) is 13.3. The number of amides is 1. The number of fused-ring (bicyclic) bond motifs is 2. The molecular weight excluding hydrogens is 362 g/mol. The van der Waals surface area contributed by atoms with Crippen molar-refractivity contribution in [2.24, 2.45) is 7.05 Å². The monoisotopic (exact) mass is 389 g/mol. The van der Waals surface area contributed by atoms with Crippen molar-refractivity contribution in [2.45, 2.75) is 57.4 Å². The Balaban J connectivity index is 1.49. The van der Waals surface area contributed by atoms with Crippen LogP contribution in [0.2, 0.25) is 0 Å². The lowest BCUT2D eigenvalue weighted by Crippen LogP contribution is -2.31. The average molecular weight is 390 g/mol. The zero-order valence-electron chi connectivity index (χ0n) is 16.9. The number of hydrogen-bond acceptors (Lipinski definition) is 3. The first-order valence-corrected chi connectivity index (χ1v) is 10.7. The van der Waals surface area contributed by atoms with Crippen molar-refractivity contribution in [1.82, 2.24) is 24.9 Å². The molecular formula is C23H27N5O. The standard InChI is InChI=1S/C23H27N5O/c1-27-20-14-8-12-19(18(20)15-24-27)25-23(29)22-17-11-6-3-7-13-21(17)28(26-22)16-9-4-2-5-10-16/h2,4-5,9-10,15,19H,3,6-8,11-14H2,1H3,(H,25,29). The number of nitrogens with one attached hydrogen (secondary N) is 1. The normalized spacial score (nSPS) is 18.6. The summed E-state index contributed by atoms with van der Waals surface area (Å²) in [6, 6.07) is 10.2. The largest absolute Gasteiger partial charge is 0.344 e. The fraction of sp³-hybridized carbons (Fsp3) is 0.435. The van der Waals surface area contributed by atoms with E-state index in [0.717, 1.165) is 61.8 Å². The van der Waals surface area contributed by atoms with E-state index in [1.54, 1.807) is 0 Å². The van der Waals surface area contributed by atoms with Crippen LogP contribution in [0, 0.1) is 0 Å². The number of aromatic nitrogens is 4. The van der Waals surface area contributed by atoms with Gasteiger partial charge in [0.25, 0.3) is 5.91 Å². The van der Waals surface area contributed by atoms with E-state index >= 15 is 0 Å². The van der Waals surface area contributed by atoms with Gasteiger partial charge in [-0.2, -0.15) is 10.2 Å². The molecule has 0 aliphatic heterocycles. The molecule has 2 aromatic heterocycles. The Hall–Kier alpha value is -2.89. The Morgan fingerprint density at radius 1 is 1.03 bits per heavy atom. The second-order valence-electron chi connectivity index (χ2n) is 8.17. The second kappa shape index (κ2) is 7.50. The zero-order valence-corrected chi connectivity index (χ0v) is 16.9. The van der Waals surface area contributed by atoms with E-state index in [0.29, 0.717) is 5.69 Å². The Morgan fingerprint density at radius 2 is 1.83 bits per heavy atom. The fourth-order valence-electron chi connectivity index (χ4n) is 4.82. The molecule has 6 heteroatoms. The number of carbonyl (C=O) groups is 1. The van der Waals surface area contributed by atoms with Gasteiger partial charge < -0.3 is 5.32 Å². The van der Waals surface area contributed by atoms with Crippen molar-refractivity contribution >= 4 is 5.91 Å². The predicted octanol–water partition coefficient (Wildman–Crippen LogP) is 3.68. The molecule has 2 heterocycles. The van der Waals surface area contributed by atoms with Gasteiger partial charge in [0.05, 0.1) is 17.9 Å². The number of nitrogens with zero attached hydrogens (tertiary/aromatic N) is 4. The van der Waals surface area contributed by atoms with E-state index in [-0.39, 0.29) is 11.9 Å². The summed E-state index contributed by atoms with van der Waals surface area (Å²) in [6.07, 6.45) is 10.3. The van der Waals surface area contributed by atoms with Crippen LogP contribution in [0.3, 0.4) is 0 Å². The maximum absolute atomic E-state index is 13.3. The van der Waals surface area contributed by atoms with Crippen LogP contribution in [-0.2, 0) is 26.3 Å². The van der Waals surface area contributed by atoms with Gasteiger partial charge in [-0.05, 0) is 57.1 Å². The maximum Gasteiger partial charge on any atom is 0.272 e. The van der Waals surface area contributed by atoms with Crippen LogP contribution in [0.4, 0.5) is 0 Å². The molecule has 0 bridgehead atoms. The SMILES string of the molecule is Cn1ncc2c1CCCC2NC(=O)c1nn(-c2ccccc2)c2c1CCCCC2. The molecule has 0 radical (unpaired) electrons. The van der Waals surface area contributed by atoms with Crippen molar-refractivity contribution in [3.8, 4) is 5.69 Å². The third kappa shape index (κ3) is 3.26. The van der Waals surface area contributed by atoms with Gasteiger partial charge >= 0.3 is 0 Å². The van der Waals surface area contributed by atoms with Gasteiger partial charge in [-0.25, -0.2) is 4.68 Å². The van der Waals surface area contributed by atoms with Gasteiger partial charge in [0, 0.05) is 29.6 Å². The number of hydrogen-bond donors (Lipinski definition) is 1. The Morgan fingerprint density at radius 3 is 2.69 bits per heavy atom. The first-order valence-electron chi connectivity index (χ1n) is 10.7. The molecule has 6 nitrogen and oxygen atoms in total. The molecule has 1 aromatic carbocycles. The van der Waals surface area contributed by atoms with E-state index in [4.69, 9.17) is 5.10 Å². The van der Waals surface area contributed by atoms with Crippen LogP contribution in [0.15, 0.2) is 36.5 Å². The van der Waals surface area contributed by atoms with E-state index in [1.807, 2.05) is 40.8 Å². The summed E-state index contributed by atoms with van der Waals surface area (Å²) >= 11 is 0. The Bertz CT molecular complexity index is 1030. The molecule has 1 N–H and O–H groups in total. The van der Waals surface area contributed by atoms with Crippen molar-refractivity contribution in [1.29, 1.82) is 0 Å². The van der Waals surface area contributed by atoms with Crippen LogP contribution < -0.4 is 5.32 Å². The number of carbonyl (C=O) groups excluding carboxylic acids is 1. The molecule has 0 spiro atoms. The maximum atomic E-state index is 13.3. The van der Waals surface area contributed by atoms with E-state index in [2.05, 4.69) is 22.5 Å². The molecule has 1 unspecified atom stereocenters. The summed E-state index contributed by atoms with van der Waals surface area (Å²) in [5.74, 6) is -0.0560. The Kier molecular flexibility index (Phi) is 4.70. The second-order valence-corrected chi connectivity index (χ2v) is 8.17. The number of aryl methyl sites for hydroxylation is 1. The highest BCUT2D eigenvalue weighted by Gasteiger charge is 2.29. The van der Waals surface area contributed by atoms with E-state index in [9.17, 15) is 4.79 Å². The summed E-state index contributed by atoms with van der Waals surface area (Å²) in [5.41, 5.74) is 6.34. The van der Waals surface area contributed by atoms with Crippen molar-refractivity contribution in [2.75, 3.05) is 0 Å². The van der Waals surface area contributed by atoms with Crippen molar-refractivity contribution < 1.29 is 4.79 Å². The predicted molar refractivity (Wildman–Crippen MR) is 111 cm³/mol. The summed E-state index contributed by atoms with van der Waals surface area (Å²) in [6.45, 7) is 0. The minimum atomic E-state index is -0.0560. The minimum absolute atomic E-state index is 0.0169. The van der Waals surface area contributed by atoms with Crippen molar-refractivity contribution in [3.63, 3.8) is 0 Å². The lowest BCUT2D eigenvalue weighted by atomic mass is 9.92. The Labute approximate surface area is 170 Å². The van der Waals surface area contributed by atoms with E-state index in [1.165, 1.54) is 17.8 Å². The smallest absolute Gasteiger partial charge is 0.272 e. The fourth-order valence-corrected chi connectivity index (χ4v) is 4.82. The molecule has 2 aliphatic rings. The summed E-state index contributed by atoms with van der Waals surface area (Å²) in [5, 5.41) is 12.5. The highest BCUT2D eigenvalue weighted by molar-refractivity contribution is 5.94. The highest BCUT2D eigenvalue weighted by Crippen LogP contribution is 2.31. The first kappa shape index (κ1) is 18.2. The molecule has 0 fully saturated rings.